The summed E-state index contributed by atoms with van der Waals surface area (Å²) in [6.45, 7) is 2.14. The molecule has 0 aliphatic heterocycles. The summed E-state index contributed by atoms with van der Waals surface area (Å²) in [7, 11) is -9.83. The Hall–Kier alpha value is -5.35. The van der Waals surface area contributed by atoms with E-state index in [1.54, 1.807) is 0 Å². The van der Waals surface area contributed by atoms with Crippen LogP contribution in [0.15, 0.2) is 182 Å². The number of phosphoric acid groups is 2. The van der Waals surface area contributed by atoms with Crippen LogP contribution in [0.1, 0.15) is 226 Å². The normalized spacial score (nSPS) is 15.2. The lowest BCUT2D eigenvalue weighted by atomic mass is 10.1. The Kier molecular flexibility index (Phi) is 64.7. The van der Waals surface area contributed by atoms with E-state index in [2.05, 4.69) is 179 Å². The molecule has 16 nitrogen and oxygen atoms in total. The minimum absolute atomic E-state index is 0.00631. The van der Waals surface area contributed by atoms with Crippen LogP contribution in [0, 0.1) is 0 Å². The lowest BCUT2D eigenvalue weighted by molar-refractivity contribution is -0.161. The highest BCUT2D eigenvalue weighted by molar-refractivity contribution is 7.47. The second-order valence-corrected chi connectivity index (χ2v) is 25.4. The largest absolute Gasteiger partial charge is 0.472 e. The van der Waals surface area contributed by atoms with Gasteiger partial charge in [0, 0.05) is 19.3 Å². The Morgan fingerprint density at radius 2 is 0.537 bits per heavy atom. The van der Waals surface area contributed by atoms with Gasteiger partial charge in [-0.1, -0.05) is 248 Å². The number of phosphoric ester groups is 2. The molecule has 536 valence electrons. The summed E-state index contributed by atoms with van der Waals surface area (Å²) in [4.78, 5) is 58.4. The van der Waals surface area contributed by atoms with E-state index in [1.807, 2.05) is 24.3 Å². The minimum atomic E-state index is -4.96. The van der Waals surface area contributed by atoms with Crippen molar-refractivity contribution >= 4 is 33.6 Å². The van der Waals surface area contributed by atoms with Gasteiger partial charge in [0.25, 0.3) is 0 Å². The molecule has 0 spiro atoms. The molecule has 0 radical (unpaired) electrons. The van der Waals surface area contributed by atoms with E-state index in [-0.39, 0.29) is 19.3 Å². The Morgan fingerprint density at radius 1 is 0.295 bits per heavy atom. The van der Waals surface area contributed by atoms with Crippen molar-refractivity contribution in [3.05, 3.63) is 182 Å². The zero-order chi connectivity index (χ0) is 69.5. The standard InChI is InChI=1S/C77H122O16P2/c1-4-7-10-13-16-19-22-25-28-31-32-33-34-35-36-37-38-41-43-45-48-51-54-57-60-63-75(80)87-66-72(78)67-89-94(83,84)90-68-73(79)69-91-95(85,86)92-71-74(93-77(82)65-62-59-56-53-50-47-44-40-30-27-24-21-18-15-12-9-6-3)70-88-76(81)64-61-58-55-52-49-46-42-39-29-26-23-20-17-14-11-8-5-2/h7-12,16-21,25-30,32-33,35-36,42,44,46-47,52-53,55-56,72-74,78-79H,4-6,13-15,22-24,31,34,37-41,43,45,48-51,54,57-71H2,1-3H3,(H,83,84)(H,85,86)/b10-7-,11-8-,12-9-,19-16-,20-17-,21-18-,28-25-,29-26-,30-27-,33-32-,36-35-,46-42-,47-44-,55-52-,56-53-. The van der Waals surface area contributed by atoms with Crippen LogP contribution in [0.5, 0.6) is 0 Å². The third-order valence-corrected chi connectivity index (χ3v) is 15.5. The molecule has 18 heteroatoms. The summed E-state index contributed by atoms with van der Waals surface area (Å²) in [5.41, 5.74) is 0. The Bertz CT molecular complexity index is 2460. The van der Waals surface area contributed by atoms with Gasteiger partial charge in [-0.3, -0.25) is 32.5 Å². The third-order valence-electron chi connectivity index (χ3n) is 13.6. The summed E-state index contributed by atoms with van der Waals surface area (Å²) in [5, 5.41) is 20.6. The second-order valence-electron chi connectivity index (χ2n) is 22.5. The fourth-order valence-electron chi connectivity index (χ4n) is 8.37. The first-order valence-corrected chi connectivity index (χ1v) is 38.1. The predicted molar refractivity (Wildman–Crippen MR) is 389 cm³/mol. The highest BCUT2D eigenvalue weighted by Crippen LogP contribution is 2.45. The van der Waals surface area contributed by atoms with Crippen LogP contribution >= 0.6 is 15.6 Å². The molecule has 5 atom stereocenters. The van der Waals surface area contributed by atoms with Crippen molar-refractivity contribution in [2.45, 2.75) is 245 Å². The lowest BCUT2D eigenvalue weighted by Gasteiger charge is -2.21. The third kappa shape index (κ3) is 69.8. The molecule has 0 bridgehead atoms. The molecule has 0 aliphatic rings. The van der Waals surface area contributed by atoms with Gasteiger partial charge in [0.05, 0.1) is 26.4 Å². The van der Waals surface area contributed by atoms with E-state index in [9.17, 15) is 43.5 Å². The Morgan fingerprint density at radius 3 is 0.874 bits per heavy atom. The molecule has 95 heavy (non-hydrogen) atoms. The van der Waals surface area contributed by atoms with Crippen molar-refractivity contribution in [2.75, 3.05) is 39.6 Å². The van der Waals surface area contributed by atoms with E-state index < -0.39 is 91.5 Å². The molecular weight excluding hydrogens is 1240 g/mol. The SMILES string of the molecule is CC/C=C\C/C=C\C/C=C\C/C=C\C/C=C\CCCCCCCCCCCC(=O)OCC(O)COP(=O)(O)OCC(O)COP(=O)(O)OCC(COC(=O)CCC/C=C\C/C=C\C/C=C\C/C=C\C/C=C\CC)OC(=O)CCC/C=C\C/C=C\C/C=C\C/C=C\C/C=C\CC. The van der Waals surface area contributed by atoms with Gasteiger partial charge in [0.2, 0.25) is 0 Å². The number of hydrogen-bond acceptors (Lipinski definition) is 14. The number of carbonyl (C=O) groups excluding carboxylic acids is 3. The maximum atomic E-state index is 12.9. The summed E-state index contributed by atoms with van der Waals surface area (Å²) in [6.07, 6.45) is 86.8. The molecule has 0 saturated heterocycles. The lowest BCUT2D eigenvalue weighted by Crippen LogP contribution is -2.30. The zero-order valence-corrected chi connectivity index (χ0v) is 59.8. The maximum absolute atomic E-state index is 12.9. The molecule has 0 saturated carbocycles. The molecule has 0 fully saturated rings. The molecule has 0 rings (SSSR count). The van der Waals surface area contributed by atoms with Crippen molar-refractivity contribution < 1.29 is 75.8 Å². The predicted octanol–water partition coefficient (Wildman–Crippen LogP) is 19.9. The fraction of sp³-hybridized carbons (Fsp3) is 0.571. The van der Waals surface area contributed by atoms with E-state index in [4.69, 9.17) is 32.3 Å². The average molecular weight is 1370 g/mol. The molecular formula is C77H122O16P2. The van der Waals surface area contributed by atoms with Crippen molar-refractivity contribution in [1.82, 2.24) is 0 Å². The monoisotopic (exact) mass is 1360 g/mol. The maximum Gasteiger partial charge on any atom is 0.472 e. The number of carbonyl (C=O) groups is 3. The first-order valence-electron chi connectivity index (χ1n) is 35.1. The van der Waals surface area contributed by atoms with Crippen LogP contribution in [0.25, 0.3) is 0 Å². The number of esters is 3. The van der Waals surface area contributed by atoms with Crippen LogP contribution in [0.3, 0.4) is 0 Å². The number of unbranched alkanes of at least 4 members (excludes halogenated alkanes) is 11. The van der Waals surface area contributed by atoms with Crippen molar-refractivity contribution in [1.29, 1.82) is 0 Å². The second kappa shape index (κ2) is 68.6. The fourth-order valence-corrected chi connectivity index (χ4v) is 9.96. The summed E-state index contributed by atoms with van der Waals surface area (Å²) < 4.78 is 60.8. The molecule has 4 N–H and O–H groups in total. The number of allylic oxidation sites excluding steroid dienone is 30. The number of aliphatic hydroxyl groups excluding tert-OH is 2. The van der Waals surface area contributed by atoms with E-state index in [0.29, 0.717) is 32.1 Å². The summed E-state index contributed by atoms with van der Waals surface area (Å²) in [5.74, 6) is -1.74. The Balaban J connectivity index is 4.72. The average Bonchev–Trinajstić information content (AvgIpc) is 1.77. The number of aliphatic hydroxyl groups is 2. The van der Waals surface area contributed by atoms with Crippen LogP contribution < -0.4 is 0 Å². The highest BCUT2D eigenvalue weighted by Gasteiger charge is 2.29. The van der Waals surface area contributed by atoms with Gasteiger partial charge in [-0.15, -0.1) is 0 Å². The van der Waals surface area contributed by atoms with E-state index in [0.717, 1.165) is 128 Å². The Labute approximate surface area is 573 Å². The number of hydrogen-bond donors (Lipinski definition) is 4. The molecule has 0 aromatic heterocycles. The summed E-state index contributed by atoms with van der Waals surface area (Å²) >= 11 is 0. The van der Waals surface area contributed by atoms with Gasteiger partial charge < -0.3 is 34.2 Å². The van der Waals surface area contributed by atoms with Crippen LogP contribution in [-0.4, -0.2) is 95.9 Å². The minimum Gasteiger partial charge on any atom is -0.463 e. The van der Waals surface area contributed by atoms with Crippen LogP contribution in [-0.2, 0) is 55.8 Å². The van der Waals surface area contributed by atoms with Gasteiger partial charge in [0.1, 0.15) is 25.4 Å². The zero-order valence-electron chi connectivity index (χ0n) is 58.0. The van der Waals surface area contributed by atoms with E-state index >= 15 is 0 Å². The molecule has 5 unspecified atom stereocenters. The number of ether oxygens (including phenoxy) is 3. The molecule has 0 amide bonds. The molecule has 0 aliphatic carbocycles. The first-order chi connectivity index (χ1) is 46.2. The van der Waals surface area contributed by atoms with Crippen molar-refractivity contribution in [3.8, 4) is 0 Å². The van der Waals surface area contributed by atoms with E-state index in [1.165, 1.54) is 25.7 Å². The quantitative estimate of drug-likeness (QED) is 0.0146. The molecule has 0 aromatic carbocycles. The van der Waals surface area contributed by atoms with Gasteiger partial charge in [0.15, 0.2) is 6.10 Å². The van der Waals surface area contributed by atoms with Crippen LogP contribution in [0.4, 0.5) is 0 Å². The summed E-state index contributed by atoms with van der Waals surface area (Å²) in [6, 6.07) is 0. The topological polar surface area (TPSA) is 231 Å². The molecule has 0 aromatic rings. The smallest absolute Gasteiger partial charge is 0.463 e. The van der Waals surface area contributed by atoms with Gasteiger partial charge >= 0.3 is 33.6 Å². The van der Waals surface area contributed by atoms with Gasteiger partial charge in [-0.25, -0.2) is 9.13 Å². The first kappa shape index (κ1) is 89.6. The molecule has 0 heterocycles. The van der Waals surface area contributed by atoms with Crippen LogP contribution in [0.2, 0.25) is 0 Å². The number of rotatable bonds is 64. The van der Waals surface area contributed by atoms with Gasteiger partial charge in [-0.2, -0.15) is 0 Å². The van der Waals surface area contributed by atoms with Crippen molar-refractivity contribution in [3.63, 3.8) is 0 Å². The van der Waals surface area contributed by atoms with Gasteiger partial charge in [-0.05, 0) is 141 Å². The highest BCUT2D eigenvalue weighted by atomic mass is 31.2. The van der Waals surface area contributed by atoms with Crippen molar-refractivity contribution in [2.24, 2.45) is 0 Å².